The van der Waals surface area contributed by atoms with Gasteiger partial charge in [0.05, 0.1) is 18.2 Å². The number of fused-ring (bicyclic) bond motifs is 1. The molecule has 0 spiro atoms. The smallest absolute Gasteiger partial charge is 0.343 e. The van der Waals surface area contributed by atoms with E-state index < -0.39 is 17.4 Å². The van der Waals surface area contributed by atoms with Crippen molar-refractivity contribution in [3.63, 3.8) is 0 Å². The van der Waals surface area contributed by atoms with E-state index in [0.29, 0.717) is 11.1 Å². The van der Waals surface area contributed by atoms with Gasteiger partial charge in [0.1, 0.15) is 22.5 Å². The van der Waals surface area contributed by atoms with Gasteiger partial charge in [0.15, 0.2) is 5.76 Å². The molecule has 0 fully saturated rings. The van der Waals surface area contributed by atoms with Gasteiger partial charge in [0.25, 0.3) is 0 Å². The first kappa shape index (κ1) is 23.6. The molecule has 0 saturated heterocycles. The molecule has 7 heteroatoms. The van der Waals surface area contributed by atoms with Crippen LogP contribution in [-0.4, -0.2) is 19.0 Å². The zero-order valence-electron chi connectivity index (χ0n) is 19.7. The molecule has 37 heavy (non-hydrogen) atoms. The van der Waals surface area contributed by atoms with E-state index in [1.807, 2.05) is 6.07 Å². The predicted octanol–water partition coefficient (Wildman–Crippen LogP) is 5.91. The standard InChI is InChI=1S/C30H20O7/c1-34-28-26(31)25-23(36-27(28)19-11-5-2-6-12-19)17-22(35-29(32)20-13-7-3-8-14-20)18-24(25)37-30(33)21-15-9-4-10-16-21/h2-18H,1H3. The molecule has 5 aromatic rings. The number of hydrogen-bond donors (Lipinski definition) is 0. The number of benzene rings is 4. The van der Waals surface area contributed by atoms with Gasteiger partial charge in [-0.25, -0.2) is 9.59 Å². The van der Waals surface area contributed by atoms with E-state index in [-0.39, 0.29) is 39.5 Å². The van der Waals surface area contributed by atoms with E-state index in [0.717, 1.165) is 0 Å². The highest BCUT2D eigenvalue weighted by Crippen LogP contribution is 2.36. The molecule has 0 amide bonds. The highest BCUT2D eigenvalue weighted by molar-refractivity contribution is 5.96. The van der Waals surface area contributed by atoms with Crippen LogP contribution in [0.15, 0.2) is 112 Å². The maximum Gasteiger partial charge on any atom is 0.343 e. The van der Waals surface area contributed by atoms with Crippen molar-refractivity contribution in [1.82, 2.24) is 0 Å². The number of esters is 2. The summed E-state index contributed by atoms with van der Waals surface area (Å²) in [7, 11) is 1.36. The molecule has 1 heterocycles. The van der Waals surface area contributed by atoms with E-state index in [2.05, 4.69) is 0 Å². The maximum atomic E-state index is 13.6. The largest absolute Gasteiger partial charge is 0.490 e. The Labute approximate surface area is 211 Å². The van der Waals surface area contributed by atoms with Crippen LogP contribution in [0.3, 0.4) is 0 Å². The summed E-state index contributed by atoms with van der Waals surface area (Å²) in [5.74, 6) is -1.28. The third kappa shape index (κ3) is 4.83. The first-order chi connectivity index (χ1) is 18.0. The molecule has 0 aliphatic carbocycles. The maximum absolute atomic E-state index is 13.6. The summed E-state index contributed by atoms with van der Waals surface area (Å²) in [6.07, 6.45) is 0. The van der Waals surface area contributed by atoms with Crippen molar-refractivity contribution in [3.05, 3.63) is 124 Å². The molecule has 0 saturated carbocycles. The van der Waals surface area contributed by atoms with Gasteiger partial charge in [-0.05, 0) is 24.3 Å². The lowest BCUT2D eigenvalue weighted by Crippen LogP contribution is -2.14. The van der Waals surface area contributed by atoms with Crippen LogP contribution in [0, 0.1) is 0 Å². The van der Waals surface area contributed by atoms with Crippen LogP contribution in [0.25, 0.3) is 22.3 Å². The monoisotopic (exact) mass is 492 g/mol. The van der Waals surface area contributed by atoms with E-state index in [1.165, 1.54) is 19.2 Å². The van der Waals surface area contributed by atoms with Crippen LogP contribution < -0.4 is 19.6 Å². The van der Waals surface area contributed by atoms with Crippen molar-refractivity contribution in [2.24, 2.45) is 0 Å². The lowest BCUT2D eigenvalue weighted by molar-refractivity contribution is 0.0734. The zero-order chi connectivity index (χ0) is 25.8. The summed E-state index contributed by atoms with van der Waals surface area (Å²) >= 11 is 0. The molecular formula is C30H20O7. The van der Waals surface area contributed by atoms with Gasteiger partial charge in [0.2, 0.25) is 11.2 Å². The third-order valence-corrected chi connectivity index (χ3v) is 5.56. The topological polar surface area (TPSA) is 92.0 Å². The molecule has 0 bridgehead atoms. The van der Waals surface area contributed by atoms with Gasteiger partial charge < -0.3 is 18.6 Å². The van der Waals surface area contributed by atoms with Gasteiger partial charge in [-0.3, -0.25) is 4.79 Å². The molecular weight excluding hydrogens is 472 g/mol. The molecule has 0 aliphatic rings. The Morgan fingerprint density at radius 1 is 0.703 bits per heavy atom. The minimum atomic E-state index is -0.695. The fourth-order valence-electron chi connectivity index (χ4n) is 3.82. The third-order valence-electron chi connectivity index (χ3n) is 5.56. The summed E-state index contributed by atoms with van der Waals surface area (Å²) in [6.45, 7) is 0. The van der Waals surface area contributed by atoms with Crippen LogP contribution >= 0.6 is 0 Å². The van der Waals surface area contributed by atoms with Crippen LogP contribution in [0.1, 0.15) is 20.7 Å². The Morgan fingerprint density at radius 2 is 1.24 bits per heavy atom. The van der Waals surface area contributed by atoms with E-state index in [1.54, 1.807) is 84.9 Å². The van der Waals surface area contributed by atoms with Gasteiger partial charge >= 0.3 is 11.9 Å². The minimum Gasteiger partial charge on any atom is -0.490 e. The van der Waals surface area contributed by atoms with E-state index in [9.17, 15) is 14.4 Å². The quantitative estimate of drug-likeness (QED) is 0.215. The van der Waals surface area contributed by atoms with Crippen LogP contribution in [0.4, 0.5) is 0 Å². The Morgan fingerprint density at radius 3 is 1.81 bits per heavy atom. The Bertz CT molecular complexity index is 1640. The van der Waals surface area contributed by atoms with Crippen molar-refractivity contribution in [3.8, 4) is 28.6 Å². The first-order valence-corrected chi connectivity index (χ1v) is 11.3. The number of methoxy groups -OCH3 is 1. The molecule has 1 aromatic heterocycles. The van der Waals surface area contributed by atoms with Crippen molar-refractivity contribution in [1.29, 1.82) is 0 Å². The molecule has 182 valence electrons. The lowest BCUT2D eigenvalue weighted by Gasteiger charge is -2.13. The molecule has 0 atom stereocenters. The number of ether oxygens (including phenoxy) is 3. The van der Waals surface area contributed by atoms with E-state index in [4.69, 9.17) is 18.6 Å². The first-order valence-electron chi connectivity index (χ1n) is 11.3. The Balaban J connectivity index is 1.68. The summed E-state index contributed by atoms with van der Waals surface area (Å²) in [5.41, 5.74) is 0.720. The lowest BCUT2D eigenvalue weighted by atomic mass is 10.1. The summed E-state index contributed by atoms with van der Waals surface area (Å²) in [6, 6.07) is 28.4. The van der Waals surface area contributed by atoms with Crippen LogP contribution in [0.2, 0.25) is 0 Å². The number of carbonyl (C=O) groups is 2. The predicted molar refractivity (Wildman–Crippen MR) is 137 cm³/mol. The normalized spacial score (nSPS) is 10.6. The van der Waals surface area contributed by atoms with E-state index >= 15 is 0 Å². The minimum absolute atomic E-state index is 0.0275. The van der Waals surface area contributed by atoms with Gasteiger partial charge in [0, 0.05) is 17.7 Å². The zero-order valence-corrected chi connectivity index (χ0v) is 19.7. The molecule has 4 aromatic carbocycles. The summed E-state index contributed by atoms with van der Waals surface area (Å²) < 4.78 is 22.7. The second kappa shape index (κ2) is 10.2. The van der Waals surface area contributed by atoms with Crippen LogP contribution in [0.5, 0.6) is 17.2 Å². The summed E-state index contributed by atoms with van der Waals surface area (Å²) in [4.78, 5) is 39.2. The molecule has 0 aliphatic heterocycles. The summed E-state index contributed by atoms with van der Waals surface area (Å²) in [5, 5.41) is -0.0275. The fraction of sp³-hybridized carbons (Fsp3) is 0.0333. The number of hydrogen-bond acceptors (Lipinski definition) is 7. The Kier molecular flexibility index (Phi) is 6.50. The van der Waals surface area contributed by atoms with Crippen molar-refractivity contribution in [2.75, 3.05) is 7.11 Å². The number of carbonyl (C=O) groups excluding carboxylic acids is 2. The molecule has 5 rings (SSSR count). The molecule has 0 N–H and O–H groups in total. The van der Waals surface area contributed by atoms with Gasteiger partial charge in [-0.15, -0.1) is 0 Å². The highest BCUT2D eigenvalue weighted by Gasteiger charge is 2.23. The van der Waals surface area contributed by atoms with Crippen molar-refractivity contribution >= 4 is 22.9 Å². The van der Waals surface area contributed by atoms with Crippen LogP contribution in [-0.2, 0) is 0 Å². The van der Waals surface area contributed by atoms with Crippen molar-refractivity contribution in [2.45, 2.75) is 0 Å². The molecule has 7 nitrogen and oxygen atoms in total. The van der Waals surface area contributed by atoms with Gasteiger partial charge in [-0.1, -0.05) is 66.7 Å². The fourth-order valence-corrected chi connectivity index (χ4v) is 3.82. The average Bonchev–Trinajstić information content (AvgIpc) is 2.94. The average molecular weight is 492 g/mol. The van der Waals surface area contributed by atoms with Crippen molar-refractivity contribution < 1.29 is 28.2 Å². The second-order valence-corrected chi connectivity index (χ2v) is 7.97. The molecule has 0 unspecified atom stereocenters. The SMILES string of the molecule is COc1c(-c2ccccc2)oc2cc(OC(=O)c3ccccc3)cc(OC(=O)c3ccccc3)c2c1=O. The Hall–Kier alpha value is -5.17. The molecule has 0 radical (unpaired) electrons. The highest BCUT2D eigenvalue weighted by atomic mass is 16.5. The second-order valence-electron chi connectivity index (χ2n) is 7.97. The van der Waals surface area contributed by atoms with Gasteiger partial charge in [-0.2, -0.15) is 0 Å². The number of rotatable bonds is 6.